The summed E-state index contributed by atoms with van der Waals surface area (Å²) < 4.78 is 5.58. The highest BCUT2D eigenvalue weighted by Gasteiger charge is 2.04. The molecule has 0 aliphatic carbocycles. The van der Waals surface area contributed by atoms with Crippen LogP contribution >= 0.6 is 11.6 Å². The maximum Gasteiger partial charge on any atom is 0.323 e. The van der Waals surface area contributed by atoms with Crippen molar-refractivity contribution in [3.05, 3.63) is 53.6 Å². The predicted octanol–water partition coefficient (Wildman–Crippen LogP) is 4.77. The summed E-state index contributed by atoms with van der Waals surface area (Å²) in [5.74, 6) is 0.717. The van der Waals surface area contributed by atoms with Crippen molar-refractivity contribution in [2.75, 3.05) is 10.6 Å². The molecular weight excluding hydrogens is 288 g/mol. The molecule has 5 heteroatoms. The van der Waals surface area contributed by atoms with Gasteiger partial charge in [0.05, 0.1) is 6.10 Å². The zero-order valence-electron chi connectivity index (χ0n) is 11.9. The highest BCUT2D eigenvalue weighted by atomic mass is 35.5. The lowest BCUT2D eigenvalue weighted by molar-refractivity contribution is 0.242. The summed E-state index contributed by atoms with van der Waals surface area (Å²) in [6.45, 7) is 3.90. The summed E-state index contributed by atoms with van der Waals surface area (Å²) in [6, 6.07) is 13.8. The number of rotatable bonds is 4. The van der Waals surface area contributed by atoms with E-state index in [0.717, 1.165) is 0 Å². The molecule has 0 aliphatic heterocycles. The fourth-order valence-corrected chi connectivity index (χ4v) is 1.87. The molecule has 110 valence electrons. The lowest BCUT2D eigenvalue weighted by Crippen LogP contribution is -2.19. The SMILES string of the molecule is CC(C)Oc1cccc(NC(=O)Nc2ccc(Cl)cc2)c1. The van der Waals surface area contributed by atoms with Crippen LogP contribution < -0.4 is 15.4 Å². The molecule has 0 aromatic heterocycles. The second-order valence-corrected chi connectivity index (χ2v) is 5.22. The number of halogens is 1. The quantitative estimate of drug-likeness (QED) is 0.854. The second-order valence-electron chi connectivity index (χ2n) is 4.78. The van der Waals surface area contributed by atoms with Crippen LogP contribution in [0, 0.1) is 0 Å². The Morgan fingerprint density at radius 1 is 1.05 bits per heavy atom. The van der Waals surface area contributed by atoms with Crippen LogP contribution in [0.25, 0.3) is 0 Å². The van der Waals surface area contributed by atoms with Gasteiger partial charge in [-0.2, -0.15) is 0 Å². The van der Waals surface area contributed by atoms with Crippen LogP contribution in [0.5, 0.6) is 5.75 Å². The first-order valence-electron chi connectivity index (χ1n) is 6.63. The van der Waals surface area contributed by atoms with Gasteiger partial charge in [-0.25, -0.2) is 4.79 Å². The van der Waals surface area contributed by atoms with Crippen molar-refractivity contribution in [2.45, 2.75) is 20.0 Å². The van der Waals surface area contributed by atoms with Crippen molar-refractivity contribution in [1.82, 2.24) is 0 Å². The number of nitrogens with one attached hydrogen (secondary N) is 2. The van der Waals surface area contributed by atoms with Gasteiger partial charge < -0.3 is 15.4 Å². The number of hydrogen-bond donors (Lipinski definition) is 2. The summed E-state index contributed by atoms with van der Waals surface area (Å²) in [5.41, 5.74) is 1.34. The Labute approximate surface area is 129 Å². The van der Waals surface area contributed by atoms with E-state index in [4.69, 9.17) is 16.3 Å². The van der Waals surface area contributed by atoms with E-state index >= 15 is 0 Å². The smallest absolute Gasteiger partial charge is 0.323 e. The molecule has 0 atom stereocenters. The Balaban J connectivity index is 1.97. The monoisotopic (exact) mass is 304 g/mol. The molecule has 0 unspecified atom stereocenters. The molecule has 21 heavy (non-hydrogen) atoms. The van der Waals surface area contributed by atoms with E-state index < -0.39 is 0 Å². The summed E-state index contributed by atoms with van der Waals surface area (Å²) >= 11 is 5.79. The number of benzene rings is 2. The van der Waals surface area contributed by atoms with E-state index in [0.29, 0.717) is 22.1 Å². The zero-order chi connectivity index (χ0) is 15.2. The molecule has 2 aromatic rings. The normalized spacial score (nSPS) is 10.3. The Morgan fingerprint density at radius 2 is 1.71 bits per heavy atom. The third-order valence-corrected chi connectivity index (χ3v) is 2.82. The van der Waals surface area contributed by atoms with Crippen molar-refractivity contribution < 1.29 is 9.53 Å². The first kappa shape index (κ1) is 15.2. The van der Waals surface area contributed by atoms with E-state index in [1.165, 1.54) is 0 Å². The van der Waals surface area contributed by atoms with Gasteiger partial charge in [0, 0.05) is 22.5 Å². The standard InChI is InChI=1S/C16H17ClN2O2/c1-11(2)21-15-5-3-4-14(10-15)19-16(20)18-13-8-6-12(17)7-9-13/h3-11H,1-2H3,(H2,18,19,20). The summed E-state index contributed by atoms with van der Waals surface area (Å²) in [6.07, 6.45) is 0.0862. The Morgan fingerprint density at radius 3 is 2.38 bits per heavy atom. The van der Waals surface area contributed by atoms with Gasteiger partial charge in [0.2, 0.25) is 0 Å². The third kappa shape index (κ3) is 5.00. The van der Waals surface area contributed by atoms with Gasteiger partial charge in [0.1, 0.15) is 5.75 Å². The van der Waals surface area contributed by atoms with Gasteiger partial charge in [-0.3, -0.25) is 0 Å². The maximum atomic E-state index is 11.9. The first-order chi connectivity index (χ1) is 10.0. The van der Waals surface area contributed by atoms with Crippen LogP contribution in [-0.4, -0.2) is 12.1 Å². The predicted molar refractivity (Wildman–Crippen MR) is 86.3 cm³/mol. The van der Waals surface area contributed by atoms with Crippen LogP contribution in [0.4, 0.5) is 16.2 Å². The van der Waals surface area contributed by atoms with Gasteiger partial charge in [-0.05, 0) is 50.2 Å². The lowest BCUT2D eigenvalue weighted by atomic mass is 10.3. The van der Waals surface area contributed by atoms with E-state index in [1.54, 1.807) is 36.4 Å². The fraction of sp³-hybridized carbons (Fsp3) is 0.188. The van der Waals surface area contributed by atoms with E-state index in [1.807, 2.05) is 26.0 Å². The second kappa shape index (κ2) is 6.99. The maximum absolute atomic E-state index is 11.9. The molecular formula is C16H17ClN2O2. The van der Waals surface area contributed by atoms with Crippen molar-refractivity contribution in [3.8, 4) is 5.75 Å². The molecule has 4 nitrogen and oxygen atoms in total. The Kier molecular flexibility index (Phi) is 5.06. The van der Waals surface area contributed by atoms with Crippen LogP contribution in [0.15, 0.2) is 48.5 Å². The van der Waals surface area contributed by atoms with Crippen LogP contribution in [-0.2, 0) is 0 Å². The van der Waals surface area contributed by atoms with E-state index in [2.05, 4.69) is 10.6 Å². The minimum Gasteiger partial charge on any atom is -0.491 e. The van der Waals surface area contributed by atoms with Crippen molar-refractivity contribution in [1.29, 1.82) is 0 Å². The number of hydrogen-bond acceptors (Lipinski definition) is 2. The number of ether oxygens (including phenoxy) is 1. The molecule has 0 fully saturated rings. The molecule has 0 aliphatic rings. The van der Waals surface area contributed by atoms with E-state index in [-0.39, 0.29) is 12.1 Å². The molecule has 0 saturated heterocycles. The molecule has 0 heterocycles. The van der Waals surface area contributed by atoms with Crippen LogP contribution in [0.2, 0.25) is 5.02 Å². The minimum atomic E-state index is -0.320. The van der Waals surface area contributed by atoms with Crippen molar-refractivity contribution in [3.63, 3.8) is 0 Å². The number of amides is 2. The third-order valence-electron chi connectivity index (χ3n) is 2.57. The highest BCUT2D eigenvalue weighted by molar-refractivity contribution is 6.30. The number of carbonyl (C=O) groups is 1. The largest absolute Gasteiger partial charge is 0.491 e. The molecule has 2 N–H and O–H groups in total. The Bertz CT molecular complexity index is 612. The van der Waals surface area contributed by atoms with Gasteiger partial charge in [0.15, 0.2) is 0 Å². The molecule has 0 radical (unpaired) electrons. The number of urea groups is 1. The van der Waals surface area contributed by atoms with Gasteiger partial charge >= 0.3 is 6.03 Å². The molecule has 0 bridgehead atoms. The topological polar surface area (TPSA) is 50.4 Å². The highest BCUT2D eigenvalue weighted by Crippen LogP contribution is 2.19. The Hall–Kier alpha value is -2.20. The van der Waals surface area contributed by atoms with Crippen molar-refractivity contribution in [2.24, 2.45) is 0 Å². The first-order valence-corrected chi connectivity index (χ1v) is 7.01. The van der Waals surface area contributed by atoms with Gasteiger partial charge in [0.25, 0.3) is 0 Å². The van der Waals surface area contributed by atoms with Crippen LogP contribution in [0.1, 0.15) is 13.8 Å². The molecule has 2 rings (SSSR count). The van der Waals surface area contributed by atoms with Crippen LogP contribution in [0.3, 0.4) is 0 Å². The average molecular weight is 305 g/mol. The summed E-state index contributed by atoms with van der Waals surface area (Å²) in [7, 11) is 0. The molecule has 0 saturated carbocycles. The number of carbonyl (C=O) groups excluding carboxylic acids is 1. The average Bonchev–Trinajstić information content (AvgIpc) is 2.41. The van der Waals surface area contributed by atoms with E-state index in [9.17, 15) is 4.79 Å². The minimum absolute atomic E-state index is 0.0862. The summed E-state index contributed by atoms with van der Waals surface area (Å²) in [5, 5.41) is 6.11. The van der Waals surface area contributed by atoms with Gasteiger partial charge in [-0.15, -0.1) is 0 Å². The lowest BCUT2D eigenvalue weighted by Gasteiger charge is -2.12. The summed E-state index contributed by atoms with van der Waals surface area (Å²) in [4.78, 5) is 11.9. The van der Waals surface area contributed by atoms with Crippen molar-refractivity contribution >= 4 is 29.0 Å². The zero-order valence-corrected chi connectivity index (χ0v) is 12.6. The molecule has 2 aromatic carbocycles. The van der Waals surface area contributed by atoms with Gasteiger partial charge in [-0.1, -0.05) is 17.7 Å². The molecule has 2 amide bonds. The number of anilines is 2. The molecule has 0 spiro atoms. The fourth-order valence-electron chi connectivity index (χ4n) is 1.75.